The van der Waals surface area contributed by atoms with E-state index < -0.39 is 0 Å². The molecular formula is C12H20N2O. The van der Waals surface area contributed by atoms with Gasteiger partial charge in [0.1, 0.15) is 0 Å². The normalized spacial score (nSPS) is 14.7. The summed E-state index contributed by atoms with van der Waals surface area (Å²) in [6, 6.07) is 0. The van der Waals surface area contributed by atoms with Crippen molar-refractivity contribution >= 4 is 5.91 Å². The molecule has 15 heavy (non-hydrogen) atoms. The molecule has 84 valence electrons. The Morgan fingerprint density at radius 3 is 2.40 bits per heavy atom. The highest BCUT2D eigenvalue weighted by Crippen LogP contribution is 2.27. The third-order valence-corrected chi connectivity index (χ3v) is 2.46. The summed E-state index contributed by atoms with van der Waals surface area (Å²) in [4.78, 5) is 13.4. The van der Waals surface area contributed by atoms with Gasteiger partial charge in [-0.25, -0.2) is 0 Å². The van der Waals surface area contributed by atoms with E-state index in [-0.39, 0.29) is 5.91 Å². The van der Waals surface area contributed by atoms with Crippen LogP contribution in [0, 0.1) is 5.92 Å². The highest BCUT2D eigenvalue weighted by molar-refractivity contribution is 5.78. The van der Waals surface area contributed by atoms with Gasteiger partial charge in [-0.15, -0.1) is 13.2 Å². The fourth-order valence-corrected chi connectivity index (χ4v) is 1.41. The Hall–Kier alpha value is -1.09. The predicted molar refractivity (Wildman–Crippen MR) is 62.6 cm³/mol. The third-order valence-electron chi connectivity index (χ3n) is 2.46. The lowest BCUT2D eigenvalue weighted by Crippen LogP contribution is -2.38. The van der Waals surface area contributed by atoms with Gasteiger partial charge >= 0.3 is 0 Å². The molecular weight excluding hydrogens is 188 g/mol. The summed E-state index contributed by atoms with van der Waals surface area (Å²) >= 11 is 0. The first kappa shape index (κ1) is 12.0. The lowest BCUT2D eigenvalue weighted by Gasteiger charge is -2.19. The zero-order valence-corrected chi connectivity index (χ0v) is 9.24. The first-order valence-electron chi connectivity index (χ1n) is 5.48. The zero-order chi connectivity index (χ0) is 11.1. The minimum Gasteiger partial charge on any atom is -0.334 e. The molecule has 1 saturated carbocycles. The number of amides is 1. The average Bonchev–Trinajstić information content (AvgIpc) is 3.01. The van der Waals surface area contributed by atoms with Gasteiger partial charge in [0.05, 0.1) is 6.54 Å². The van der Waals surface area contributed by atoms with E-state index in [1.807, 2.05) is 0 Å². The number of nitrogens with one attached hydrogen (secondary N) is 1. The van der Waals surface area contributed by atoms with Gasteiger partial charge in [-0.3, -0.25) is 4.79 Å². The van der Waals surface area contributed by atoms with Crippen molar-refractivity contribution in [2.45, 2.75) is 12.8 Å². The Morgan fingerprint density at radius 2 is 1.93 bits per heavy atom. The van der Waals surface area contributed by atoms with Crippen molar-refractivity contribution in [2.24, 2.45) is 5.92 Å². The fraction of sp³-hybridized carbons (Fsp3) is 0.583. The Kier molecular flexibility index (Phi) is 5.12. The molecule has 1 amide bonds. The summed E-state index contributed by atoms with van der Waals surface area (Å²) in [5, 5.41) is 3.18. The maximum atomic E-state index is 11.7. The number of carbonyl (C=O) groups excluding carboxylic acids is 1. The van der Waals surface area contributed by atoms with Gasteiger partial charge in [0.15, 0.2) is 0 Å². The monoisotopic (exact) mass is 208 g/mol. The van der Waals surface area contributed by atoms with Gasteiger partial charge < -0.3 is 10.2 Å². The molecule has 3 heteroatoms. The number of nitrogens with zero attached hydrogens (tertiary/aromatic N) is 1. The summed E-state index contributed by atoms with van der Waals surface area (Å²) in [6.07, 6.45) is 6.10. The van der Waals surface area contributed by atoms with Crippen molar-refractivity contribution in [1.29, 1.82) is 0 Å². The van der Waals surface area contributed by atoms with Crippen LogP contribution in [-0.2, 0) is 4.79 Å². The van der Waals surface area contributed by atoms with Gasteiger partial charge in [0.2, 0.25) is 5.91 Å². The van der Waals surface area contributed by atoms with Crippen molar-refractivity contribution < 1.29 is 4.79 Å². The van der Waals surface area contributed by atoms with Gasteiger partial charge in [-0.2, -0.15) is 0 Å². The van der Waals surface area contributed by atoms with E-state index in [4.69, 9.17) is 0 Å². The summed E-state index contributed by atoms with van der Waals surface area (Å²) in [5.41, 5.74) is 0. The van der Waals surface area contributed by atoms with Crippen LogP contribution >= 0.6 is 0 Å². The van der Waals surface area contributed by atoms with Crippen molar-refractivity contribution in [3.8, 4) is 0 Å². The molecule has 0 bridgehead atoms. The zero-order valence-electron chi connectivity index (χ0n) is 9.24. The number of hydrogen-bond donors (Lipinski definition) is 1. The Morgan fingerprint density at radius 1 is 1.33 bits per heavy atom. The molecule has 1 aliphatic carbocycles. The van der Waals surface area contributed by atoms with E-state index in [2.05, 4.69) is 18.5 Å². The fourth-order valence-electron chi connectivity index (χ4n) is 1.41. The lowest BCUT2D eigenvalue weighted by molar-refractivity contribution is -0.129. The Bertz CT molecular complexity index is 224. The largest absolute Gasteiger partial charge is 0.334 e. The van der Waals surface area contributed by atoms with Crippen LogP contribution in [0.5, 0.6) is 0 Å². The second kappa shape index (κ2) is 6.40. The minimum absolute atomic E-state index is 0.121. The summed E-state index contributed by atoms with van der Waals surface area (Å²) in [7, 11) is 0. The topological polar surface area (TPSA) is 32.3 Å². The van der Waals surface area contributed by atoms with E-state index in [1.165, 1.54) is 12.8 Å². The van der Waals surface area contributed by atoms with Crippen molar-refractivity contribution in [1.82, 2.24) is 10.2 Å². The van der Waals surface area contributed by atoms with Crippen molar-refractivity contribution in [3.63, 3.8) is 0 Å². The molecule has 0 heterocycles. The molecule has 0 saturated heterocycles. The van der Waals surface area contributed by atoms with Crippen LogP contribution in [0.15, 0.2) is 25.3 Å². The van der Waals surface area contributed by atoms with E-state index in [0.29, 0.717) is 19.6 Å². The number of hydrogen-bond acceptors (Lipinski definition) is 2. The van der Waals surface area contributed by atoms with Crippen LogP contribution in [-0.4, -0.2) is 37.0 Å². The summed E-state index contributed by atoms with van der Waals surface area (Å²) in [5.74, 6) is 0.931. The molecule has 0 aromatic heterocycles. The molecule has 0 radical (unpaired) electrons. The number of carbonyl (C=O) groups is 1. The van der Waals surface area contributed by atoms with E-state index >= 15 is 0 Å². The summed E-state index contributed by atoms with van der Waals surface area (Å²) < 4.78 is 0. The third kappa shape index (κ3) is 4.79. The van der Waals surface area contributed by atoms with E-state index in [1.54, 1.807) is 17.1 Å². The average molecular weight is 208 g/mol. The summed E-state index contributed by atoms with van der Waals surface area (Å²) in [6.45, 7) is 9.86. The molecule has 1 N–H and O–H groups in total. The first-order valence-corrected chi connectivity index (χ1v) is 5.48. The van der Waals surface area contributed by atoms with Crippen molar-refractivity contribution in [3.05, 3.63) is 25.3 Å². The van der Waals surface area contributed by atoms with Crippen LogP contribution in [0.4, 0.5) is 0 Å². The predicted octanol–water partition coefficient (Wildman–Crippen LogP) is 1.19. The number of rotatable bonds is 8. The highest BCUT2D eigenvalue weighted by atomic mass is 16.2. The molecule has 0 unspecified atom stereocenters. The van der Waals surface area contributed by atoms with Crippen LogP contribution in [0.3, 0.4) is 0 Å². The SMILES string of the molecule is C=CCN(CC=C)C(=O)CNCC1CC1. The highest BCUT2D eigenvalue weighted by Gasteiger charge is 2.21. The van der Waals surface area contributed by atoms with Crippen LogP contribution < -0.4 is 5.32 Å². The molecule has 3 nitrogen and oxygen atoms in total. The molecule has 0 aliphatic heterocycles. The maximum Gasteiger partial charge on any atom is 0.237 e. The van der Waals surface area contributed by atoms with Crippen LogP contribution in [0.2, 0.25) is 0 Å². The second-order valence-corrected chi connectivity index (χ2v) is 3.95. The lowest BCUT2D eigenvalue weighted by atomic mass is 10.4. The van der Waals surface area contributed by atoms with Gasteiger partial charge in [0, 0.05) is 13.1 Å². The maximum absolute atomic E-state index is 11.7. The molecule has 1 aliphatic rings. The minimum atomic E-state index is 0.121. The second-order valence-electron chi connectivity index (χ2n) is 3.95. The molecule has 0 aromatic carbocycles. The Balaban J connectivity index is 2.19. The van der Waals surface area contributed by atoms with Gasteiger partial charge in [-0.05, 0) is 25.3 Å². The van der Waals surface area contributed by atoms with Crippen molar-refractivity contribution in [2.75, 3.05) is 26.2 Å². The molecule has 0 aromatic rings. The van der Waals surface area contributed by atoms with Crippen LogP contribution in [0.1, 0.15) is 12.8 Å². The Labute approximate surface area is 91.8 Å². The molecule has 1 rings (SSSR count). The molecule has 0 atom stereocenters. The smallest absolute Gasteiger partial charge is 0.237 e. The van der Waals surface area contributed by atoms with E-state index in [9.17, 15) is 4.79 Å². The molecule has 1 fully saturated rings. The quantitative estimate of drug-likeness (QED) is 0.608. The molecule has 0 spiro atoms. The first-order chi connectivity index (χ1) is 7.27. The van der Waals surface area contributed by atoms with Gasteiger partial charge in [-0.1, -0.05) is 12.2 Å². The van der Waals surface area contributed by atoms with Crippen LogP contribution in [0.25, 0.3) is 0 Å². The standard InChI is InChI=1S/C12H20N2O/c1-3-7-14(8-4-2)12(15)10-13-9-11-5-6-11/h3-4,11,13H,1-2,5-10H2. The van der Waals surface area contributed by atoms with E-state index in [0.717, 1.165) is 12.5 Å². The van der Waals surface area contributed by atoms with Gasteiger partial charge in [0.25, 0.3) is 0 Å².